The van der Waals surface area contributed by atoms with Gasteiger partial charge in [-0.2, -0.15) is 9.57 Å². The Bertz CT molecular complexity index is 1350. The minimum atomic E-state index is -3.65. The molecule has 140 valence electrons. The van der Waals surface area contributed by atoms with E-state index in [1.807, 2.05) is 18.3 Å². The Morgan fingerprint density at radius 1 is 1.25 bits per heavy atom. The fraction of sp³-hybridized carbons (Fsp3) is 0.211. The van der Waals surface area contributed by atoms with Crippen LogP contribution in [0.15, 0.2) is 53.9 Å². The molecular formula is C19H16N6O2S. The van der Waals surface area contributed by atoms with E-state index in [9.17, 15) is 8.42 Å². The van der Waals surface area contributed by atoms with Gasteiger partial charge in [-0.25, -0.2) is 18.4 Å². The highest BCUT2D eigenvalue weighted by Crippen LogP contribution is 2.32. The first-order valence-electron chi connectivity index (χ1n) is 8.87. The molecule has 9 heteroatoms. The van der Waals surface area contributed by atoms with Crippen LogP contribution in [0, 0.1) is 11.3 Å². The molecular weight excluding hydrogens is 376 g/mol. The predicted octanol–water partition coefficient (Wildman–Crippen LogP) is 2.42. The van der Waals surface area contributed by atoms with E-state index >= 15 is 0 Å². The minimum absolute atomic E-state index is 0.0144. The molecule has 0 spiro atoms. The van der Waals surface area contributed by atoms with Gasteiger partial charge in [-0.15, -0.1) is 0 Å². The molecule has 0 unspecified atom stereocenters. The molecule has 1 atom stereocenters. The summed E-state index contributed by atoms with van der Waals surface area (Å²) in [6.45, 7) is 0.781. The van der Waals surface area contributed by atoms with Crippen molar-refractivity contribution in [2.24, 2.45) is 0 Å². The van der Waals surface area contributed by atoms with Gasteiger partial charge in [0.05, 0.1) is 40.6 Å². The number of H-pyrrole nitrogens is 1. The zero-order chi connectivity index (χ0) is 19.3. The van der Waals surface area contributed by atoms with Gasteiger partial charge in [0, 0.05) is 24.7 Å². The van der Waals surface area contributed by atoms with Crippen LogP contribution in [-0.2, 0) is 10.0 Å². The van der Waals surface area contributed by atoms with Crippen molar-refractivity contribution in [1.29, 1.82) is 5.26 Å². The number of hydrogen-bond acceptors (Lipinski definition) is 5. The van der Waals surface area contributed by atoms with Crippen molar-refractivity contribution in [2.45, 2.75) is 17.4 Å². The number of nitrogens with one attached hydrogen (secondary N) is 1. The number of hydrogen-bond donors (Lipinski definition) is 1. The van der Waals surface area contributed by atoms with E-state index in [1.54, 1.807) is 24.7 Å². The van der Waals surface area contributed by atoms with Crippen LogP contribution < -0.4 is 0 Å². The third kappa shape index (κ3) is 2.50. The normalized spacial score (nSPS) is 18.0. The predicted molar refractivity (Wildman–Crippen MR) is 103 cm³/mol. The van der Waals surface area contributed by atoms with Crippen LogP contribution in [0.3, 0.4) is 0 Å². The van der Waals surface area contributed by atoms with Crippen LogP contribution in [0.25, 0.3) is 22.1 Å². The average molecular weight is 392 g/mol. The van der Waals surface area contributed by atoms with Crippen molar-refractivity contribution in [3.8, 4) is 6.07 Å². The van der Waals surface area contributed by atoms with Crippen LogP contribution in [0.2, 0.25) is 0 Å². The summed E-state index contributed by atoms with van der Waals surface area (Å²) < 4.78 is 29.6. The SMILES string of the molecule is N#Cc1cccc(S(=O)(=O)N2CC[C@@H](n3cnc4cnc5[nH]ccc5c43)C2)c1. The van der Waals surface area contributed by atoms with Gasteiger partial charge in [-0.1, -0.05) is 6.07 Å². The largest absolute Gasteiger partial charge is 0.346 e. The van der Waals surface area contributed by atoms with Gasteiger partial charge in [0.2, 0.25) is 10.0 Å². The Morgan fingerprint density at radius 3 is 3.00 bits per heavy atom. The number of aromatic amines is 1. The maximum Gasteiger partial charge on any atom is 0.243 e. The molecule has 0 amide bonds. The number of aromatic nitrogens is 4. The molecule has 8 nitrogen and oxygen atoms in total. The van der Waals surface area contributed by atoms with Crippen molar-refractivity contribution < 1.29 is 8.42 Å². The number of nitriles is 1. The molecule has 0 saturated carbocycles. The van der Waals surface area contributed by atoms with E-state index in [0.717, 1.165) is 22.1 Å². The summed E-state index contributed by atoms with van der Waals surface area (Å²) in [4.78, 5) is 12.1. The molecule has 0 radical (unpaired) electrons. The third-order valence-electron chi connectivity index (χ3n) is 5.24. The van der Waals surface area contributed by atoms with Gasteiger partial charge in [0.25, 0.3) is 0 Å². The van der Waals surface area contributed by atoms with Gasteiger partial charge in [0.1, 0.15) is 11.2 Å². The van der Waals surface area contributed by atoms with E-state index in [-0.39, 0.29) is 10.9 Å². The van der Waals surface area contributed by atoms with Crippen molar-refractivity contribution in [2.75, 3.05) is 13.1 Å². The lowest BCUT2D eigenvalue weighted by molar-refractivity contribution is 0.455. The highest BCUT2D eigenvalue weighted by Gasteiger charge is 2.34. The first kappa shape index (κ1) is 16.9. The molecule has 4 heterocycles. The molecule has 1 aliphatic heterocycles. The molecule has 1 aromatic carbocycles. The van der Waals surface area contributed by atoms with E-state index in [4.69, 9.17) is 5.26 Å². The molecule has 1 N–H and O–H groups in total. The Kier molecular flexibility index (Phi) is 3.72. The number of nitrogens with zero attached hydrogens (tertiary/aromatic N) is 5. The summed E-state index contributed by atoms with van der Waals surface area (Å²) >= 11 is 0. The average Bonchev–Trinajstić information content (AvgIpc) is 3.45. The summed E-state index contributed by atoms with van der Waals surface area (Å²) in [6.07, 6.45) is 6.01. The Morgan fingerprint density at radius 2 is 2.14 bits per heavy atom. The molecule has 4 aromatic rings. The Hall–Kier alpha value is -3.22. The van der Waals surface area contributed by atoms with Gasteiger partial charge in [-0.3, -0.25) is 0 Å². The molecule has 1 aliphatic rings. The molecule has 1 fully saturated rings. The molecule has 0 bridgehead atoms. The summed E-state index contributed by atoms with van der Waals surface area (Å²) in [5.74, 6) is 0. The van der Waals surface area contributed by atoms with Crippen LogP contribution in [-0.4, -0.2) is 45.3 Å². The summed E-state index contributed by atoms with van der Waals surface area (Å²) in [5, 5.41) is 10.0. The number of rotatable bonds is 3. The third-order valence-corrected chi connectivity index (χ3v) is 7.10. The first-order valence-corrected chi connectivity index (χ1v) is 10.3. The second-order valence-electron chi connectivity index (χ2n) is 6.83. The van der Waals surface area contributed by atoms with Crippen LogP contribution >= 0.6 is 0 Å². The van der Waals surface area contributed by atoms with Crippen LogP contribution in [0.4, 0.5) is 0 Å². The number of pyridine rings is 1. The van der Waals surface area contributed by atoms with Gasteiger partial charge >= 0.3 is 0 Å². The second-order valence-corrected chi connectivity index (χ2v) is 8.77. The monoisotopic (exact) mass is 392 g/mol. The smallest absolute Gasteiger partial charge is 0.243 e. The molecule has 5 rings (SSSR count). The summed E-state index contributed by atoms with van der Waals surface area (Å²) in [6, 6.07) is 10.1. The first-order chi connectivity index (χ1) is 13.6. The standard InChI is InChI=1S/C19H16N6O2S/c20-9-13-2-1-3-15(8-13)28(26,27)24-7-5-14(11-24)25-12-23-17-10-22-19-16(18(17)25)4-6-21-19/h1-4,6,8,10,12,14H,5,7,11H2,(H,21,22)/t14-/m1/s1. The number of benzene rings is 1. The number of fused-ring (bicyclic) bond motifs is 3. The Balaban J connectivity index is 1.50. The minimum Gasteiger partial charge on any atom is -0.346 e. The van der Waals surface area contributed by atoms with Crippen molar-refractivity contribution >= 4 is 32.1 Å². The zero-order valence-electron chi connectivity index (χ0n) is 14.8. The van der Waals surface area contributed by atoms with Crippen molar-refractivity contribution in [3.63, 3.8) is 0 Å². The van der Waals surface area contributed by atoms with E-state index < -0.39 is 10.0 Å². The quantitative estimate of drug-likeness (QED) is 0.576. The lowest BCUT2D eigenvalue weighted by Crippen LogP contribution is -2.29. The van der Waals surface area contributed by atoms with Gasteiger partial charge < -0.3 is 9.55 Å². The lowest BCUT2D eigenvalue weighted by atomic mass is 10.2. The van der Waals surface area contributed by atoms with Gasteiger partial charge in [-0.05, 0) is 30.7 Å². The molecule has 0 aliphatic carbocycles. The lowest BCUT2D eigenvalue weighted by Gasteiger charge is -2.18. The fourth-order valence-electron chi connectivity index (χ4n) is 3.84. The van der Waals surface area contributed by atoms with Gasteiger partial charge in [0.15, 0.2) is 0 Å². The molecule has 1 saturated heterocycles. The highest BCUT2D eigenvalue weighted by molar-refractivity contribution is 7.89. The van der Waals surface area contributed by atoms with Crippen LogP contribution in [0.5, 0.6) is 0 Å². The van der Waals surface area contributed by atoms with Crippen molar-refractivity contribution in [1.82, 2.24) is 23.8 Å². The maximum absolute atomic E-state index is 13.0. The summed E-state index contributed by atoms with van der Waals surface area (Å²) in [7, 11) is -3.65. The van der Waals surface area contributed by atoms with Crippen LogP contribution in [0.1, 0.15) is 18.0 Å². The summed E-state index contributed by atoms with van der Waals surface area (Å²) in [5.41, 5.74) is 2.86. The second kappa shape index (κ2) is 6.15. The topological polar surface area (TPSA) is 108 Å². The maximum atomic E-state index is 13.0. The Labute approximate surface area is 161 Å². The van der Waals surface area contributed by atoms with Crippen molar-refractivity contribution in [3.05, 3.63) is 54.6 Å². The van der Waals surface area contributed by atoms with E-state index in [0.29, 0.717) is 25.1 Å². The number of imidazole rings is 1. The zero-order valence-corrected chi connectivity index (χ0v) is 15.6. The number of sulfonamides is 1. The van der Waals surface area contributed by atoms with E-state index in [2.05, 4.69) is 19.5 Å². The van der Waals surface area contributed by atoms with E-state index in [1.165, 1.54) is 16.4 Å². The molecule has 3 aromatic heterocycles. The highest BCUT2D eigenvalue weighted by atomic mass is 32.2. The molecule has 28 heavy (non-hydrogen) atoms. The fourth-order valence-corrected chi connectivity index (χ4v) is 5.38.